The van der Waals surface area contributed by atoms with Gasteiger partial charge in [-0.1, -0.05) is 18.2 Å². The van der Waals surface area contributed by atoms with Gasteiger partial charge in [0.15, 0.2) is 0 Å². The second-order valence-corrected chi connectivity index (χ2v) is 8.41. The zero-order chi connectivity index (χ0) is 20.6. The first-order chi connectivity index (χ1) is 14.6. The standard InChI is InChI=1S/C22H25N5O3.ClH/c28-20(25-29)17-12-23-21(24-13-17)27-9-6-22(7-10-27)5-8-26(15-22)14-18-11-16-3-1-2-4-19(16)30-18;/h1-4,11-13,29H,5-10,14-15H2,(H,25,28);1H. The summed E-state index contributed by atoms with van der Waals surface area (Å²) in [7, 11) is 0. The lowest BCUT2D eigenvalue weighted by atomic mass is 9.78. The minimum absolute atomic E-state index is 0. The number of amides is 1. The summed E-state index contributed by atoms with van der Waals surface area (Å²) in [5.41, 5.74) is 3.14. The zero-order valence-corrected chi connectivity index (χ0v) is 18.0. The Hall–Kier alpha value is -2.68. The summed E-state index contributed by atoms with van der Waals surface area (Å²) in [4.78, 5) is 24.7. The van der Waals surface area contributed by atoms with E-state index in [9.17, 15) is 4.79 Å². The molecule has 2 fully saturated rings. The number of nitrogens with zero attached hydrogens (tertiary/aromatic N) is 4. The number of rotatable bonds is 4. The fourth-order valence-electron chi connectivity index (χ4n) is 4.75. The Bertz CT molecular complexity index is 1010. The van der Waals surface area contributed by atoms with Crippen LogP contribution in [0.5, 0.6) is 0 Å². The molecule has 0 aliphatic carbocycles. The first-order valence-corrected chi connectivity index (χ1v) is 10.4. The molecule has 0 atom stereocenters. The molecule has 1 aromatic carbocycles. The molecule has 2 aliphatic heterocycles. The number of halogens is 1. The molecule has 31 heavy (non-hydrogen) atoms. The van der Waals surface area contributed by atoms with Crippen LogP contribution in [0.25, 0.3) is 11.0 Å². The zero-order valence-electron chi connectivity index (χ0n) is 17.2. The highest BCUT2D eigenvalue weighted by Gasteiger charge is 2.41. The molecule has 4 heterocycles. The molecule has 0 radical (unpaired) electrons. The van der Waals surface area contributed by atoms with Crippen molar-refractivity contribution in [1.82, 2.24) is 20.3 Å². The van der Waals surface area contributed by atoms with Gasteiger partial charge in [0, 0.05) is 37.4 Å². The van der Waals surface area contributed by atoms with E-state index in [0.29, 0.717) is 11.4 Å². The van der Waals surface area contributed by atoms with Gasteiger partial charge in [0.05, 0.1) is 12.1 Å². The van der Waals surface area contributed by atoms with Crippen LogP contribution >= 0.6 is 12.4 Å². The third kappa shape index (κ3) is 4.37. The van der Waals surface area contributed by atoms with Crippen molar-refractivity contribution < 1.29 is 14.4 Å². The van der Waals surface area contributed by atoms with E-state index in [1.54, 1.807) is 5.48 Å². The van der Waals surface area contributed by atoms with Gasteiger partial charge in [-0.3, -0.25) is 14.9 Å². The van der Waals surface area contributed by atoms with Crippen LogP contribution in [0, 0.1) is 5.41 Å². The average Bonchev–Trinajstić information content (AvgIpc) is 3.37. The van der Waals surface area contributed by atoms with E-state index in [-0.39, 0.29) is 18.0 Å². The molecular weight excluding hydrogens is 418 g/mol. The van der Waals surface area contributed by atoms with Crippen molar-refractivity contribution in [3.8, 4) is 0 Å². The van der Waals surface area contributed by atoms with Crippen molar-refractivity contribution in [1.29, 1.82) is 0 Å². The highest BCUT2D eigenvalue weighted by Crippen LogP contribution is 2.41. The Morgan fingerprint density at radius 1 is 1.13 bits per heavy atom. The molecule has 2 aliphatic rings. The summed E-state index contributed by atoms with van der Waals surface area (Å²) in [6.07, 6.45) is 6.31. The van der Waals surface area contributed by atoms with Crippen LogP contribution in [-0.2, 0) is 6.54 Å². The second kappa shape index (κ2) is 8.82. The lowest BCUT2D eigenvalue weighted by Gasteiger charge is -2.39. The number of hydrogen-bond acceptors (Lipinski definition) is 7. The molecular formula is C22H26ClN5O3. The van der Waals surface area contributed by atoms with Crippen LogP contribution in [-0.4, -0.2) is 52.2 Å². The van der Waals surface area contributed by atoms with E-state index in [1.807, 2.05) is 18.2 Å². The lowest BCUT2D eigenvalue weighted by molar-refractivity contribution is 0.0705. The van der Waals surface area contributed by atoms with Crippen molar-refractivity contribution in [2.75, 3.05) is 31.1 Å². The van der Waals surface area contributed by atoms with Crippen LogP contribution in [0.3, 0.4) is 0 Å². The monoisotopic (exact) mass is 443 g/mol. The van der Waals surface area contributed by atoms with Gasteiger partial charge < -0.3 is 9.32 Å². The normalized spacial score (nSPS) is 18.3. The van der Waals surface area contributed by atoms with Crippen molar-refractivity contribution in [2.45, 2.75) is 25.8 Å². The van der Waals surface area contributed by atoms with Gasteiger partial charge in [0.1, 0.15) is 11.3 Å². The maximum atomic E-state index is 11.4. The number of nitrogens with one attached hydrogen (secondary N) is 1. The number of carbonyl (C=O) groups is 1. The number of piperidine rings is 1. The van der Waals surface area contributed by atoms with Gasteiger partial charge in [-0.05, 0) is 43.4 Å². The first kappa shape index (κ1) is 21.5. The van der Waals surface area contributed by atoms with Gasteiger partial charge in [-0.25, -0.2) is 15.4 Å². The number of likely N-dealkylation sites (tertiary alicyclic amines) is 1. The van der Waals surface area contributed by atoms with Crippen molar-refractivity contribution in [3.05, 3.63) is 54.0 Å². The predicted molar refractivity (Wildman–Crippen MR) is 119 cm³/mol. The van der Waals surface area contributed by atoms with Gasteiger partial charge >= 0.3 is 0 Å². The average molecular weight is 444 g/mol. The molecule has 0 unspecified atom stereocenters. The summed E-state index contributed by atoms with van der Waals surface area (Å²) >= 11 is 0. The van der Waals surface area contributed by atoms with E-state index < -0.39 is 5.91 Å². The second-order valence-electron chi connectivity index (χ2n) is 8.41. The minimum atomic E-state index is -0.602. The number of fused-ring (bicyclic) bond motifs is 1. The highest BCUT2D eigenvalue weighted by atomic mass is 35.5. The Kier molecular flexibility index (Phi) is 6.13. The molecule has 0 saturated carbocycles. The van der Waals surface area contributed by atoms with E-state index in [0.717, 1.165) is 62.3 Å². The molecule has 2 saturated heterocycles. The van der Waals surface area contributed by atoms with E-state index >= 15 is 0 Å². The number of furan rings is 1. The third-order valence-corrected chi connectivity index (χ3v) is 6.48. The summed E-state index contributed by atoms with van der Waals surface area (Å²) < 4.78 is 6.00. The third-order valence-electron chi connectivity index (χ3n) is 6.48. The SMILES string of the molecule is Cl.O=C(NO)c1cnc(N2CCC3(CCN(Cc4cc5ccccc5o4)C3)CC2)nc1. The maximum Gasteiger partial charge on any atom is 0.277 e. The molecule has 9 heteroatoms. The molecule has 1 amide bonds. The highest BCUT2D eigenvalue weighted by molar-refractivity contribution is 5.92. The number of hydrogen-bond donors (Lipinski definition) is 2. The molecule has 164 valence electrons. The van der Waals surface area contributed by atoms with Crippen molar-refractivity contribution >= 4 is 35.2 Å². The van der Waals surface area contributed by atoms with Crippen LogP contribution in [0.1, 0.15) is 35.4 Å². The van der Waals surface area contributed by atoms with E-state index in [2.05, 4.69) is 31.9 Å². The Morgan fingerprint density at radius 2 is 1.84 bits per heavy atom. The van der Waals surface area contributed by atoms with Crippen molar-refractivity contribution in [3.63, 3.8) is 0 Å². The summed E-state index contributed by atoms with van der Waals surface area (Å²) in [6.45, 7) is 4.86. The van der Waals surface area contributed by atoms with E-state index in [4.69, 9.17) is 9.62 Å². The fraction of sp³-hybridized carbons (Fsp3) is 0.409. The van der Waals surface area contributed by atoms with Gasteiger partial charge in [-0.2, -0.15) is 0 Å². The predicted octanol–water partition coefficient (Wildman–Crippen LogP) is 3.26. The van der Waals surface area contributed by atoms with Gasteiger partial charge in [0.2, 0.25) is 5.95 Å². The smallest absolute Gasteiger partial charge is 0.277 e. The van der Waals surface area contributed by atoms with Crippen LogP contribution in [0.4, 0.5) is 5.95 Å². The summed E-state index contributed by atoms with van der Waals surface area (Å²) in [5, 5.41) is 9.86. The Morgan fingerprint density at radius 3 is 2.55 bits per heavy atom. The minimum Gasteiger partial charge on any atom is -0.460 e. The van der Waals surface area contributed by atoms with Crippen LogP contribution < -0.4 is 10.4 Å². The molecule has 2 aromatic heterocycles. The molecule has 5 rings (SSSR count). The molecule has 0 bridgehead atoms. The van der Waals surface area contributed by atoms with Gasteiger partial charge in [-0.15, -0.1) is 12.4 Å². The largest absolute Gasteiger partial charge is 0.460 e. The molecule has 2 N–H and O–H groups in total. The maximum absolute atomic E-state index is 11.4. The van der Waals surface area contributed by atoms with Crippen molar-refractivity contribution in [2.24, 2.45) is 5.41 Å². The van der Waals surface area contributed by atoms with Gasteiger partial charge in [0.25, 0.3) is 5.91 Å². The molecule has 1 spiro atoms. The van der Waals surface area contributed by atoms with Crippen LogP contribution in [0.15, 0.2) is 47.1 Å². The fourth-order valence-corrected chi connectivity index (χ4v) is 4.75. The summed E-state index contributed by atoms with van der Waals surface area (Å²) in [5.74, 6) is 1.07. The van der Waals surface area contributed by atoms with Crippen LogP contribution in [0.2, 0.25) is 0 Å². The number of hydroxylamine groups is 1. The summed E-state index contributed by atoms with van der Waals surface area (Å²) in [6, 6.07) is 10.3. The molecule has 3 aromatic rings. The number of benzene rings is 1. The Labute approximate surface area is 186 Å². The lowest BCUT2D eigenvalue weighted by Crippen LogP contribution is -2.42. The number of carbonyl (C=O) groups excluding carboxylic acids is 1. The Balaban J connectivity index is 0.00000231. The topological polar surface area (TPSA) is 94.7 Å². The number of anilines is 1. The molecule has 8 nitrogen and oxygen atoms in total. The first-order valence-electron chi connectivity index (χ1n) is 10.4. The number of para-hydroxylation sites is 1. The van der Waals surface area contributed by atoms with E-state index in [1.165, 1.54) is 18.8 Å². The number of aromatic nitrogens is 2. The quantitative estimate of drug-likeness (QED) is 0.472.